The average Bonchev–Trinajstić information content (AvgIpc) is 2.32. The van der Waals surface area contributed by atoms with Crippen molar-refractivity contribution in [3.63, 3.8) is 0 Å². The fourth-order valence-corrected chi connectivity index (χ4v) is 1.38. The van der Waals surface area contributed by atoms with Crippen LogP contribution in [0, 0.1) is 5.92 Å². The molecule has 0 unspecified atom stereocenters. The summed E-state index contributed by atoms with van der Waals surface area (Å²) in [4.78, 5) is 34.4. The highest BCUT2D eigenvalue weighted by atomic mass is 16.5. The Balaban J connectivity index is 2.70. The average molecular weight is 248 g/mol. The van der Waals surface area contributed by atoms with Crippen molar-refractivity contribution in [1.82, 2.24) is 0 Å². The zero-order valence-electron chi connectivity index (χ0n) is 10.7. The number of hydrogen-bond donors (Lipinski definition) is 0. The third-order valence-electron chi connectivity index (χ3n) is 2.56. The summed E-state index contributed by atoms with van der Waals surface area (Å²) in [5, 5.41) is 0. The number of rotatable bonds is 5. The van der Waals surface area contributed by atoms with Crippen molar-refractivity contribution in [2.24, 2.45) is 5.92 Å². The Morgan fingerprint density at radius 3 is 2.50 bits per heavy atom. The fourth-order valence-electron chi connectivity index (χ4n) is 1.38. The number of carbonyl (C=O) groups is 3. The van der Waals surface area contributed by atoms with Crippen LogP contribution in [-0.2, 0) is 19.1 Å². The van der Waals surface area contributed by atoms with Crippen LogP contribution in [0.15, 0.2) is 35.6 Å². The summed E-state index contributed by atoms with van der Waals surface area (Å²) in [6.45, 7) is 3.64. The molecule has 0 saturated carbocycles. The molecule has 1 rings (SSSR count). The summed E-state index contributed by atoms with van der Waals surface area (Å²) in [7, 11) is 1.34. The van der Waals surface area contributed by atoms with Crippen LogP contribution in [0.4, 0.5) is 0 Å². The van der Waals surface area contributed by atoms with Gasteiger partial charge in [0.05, 0.1) is 7.11 Å². The largest absolute Gasteiger partial charge is 0.493 e. The van der Waals surface area contributed by atoms with Crippen LogP contribution in [0.2, 0.25) is 0 Å². The quantitative estimate of drug-likeness (QED) is 0.696. The van der Waals surface area contributed by atoms with E-state index in [1.165, 1.54) is 19.3 Å². The summed E-state index contributed by atoms with van der Waals surface area (Å²) in [5.74, 6) is -0.538. The molecule has 1 aliphatic carbocycles. The Morgan fingerprint density at radius 1 is 1.28 bits per heavy atom. The summed E-state index contributed by atoms with van der Waals surface area (Å²) in [6.07, 6.45) is 5.75. The number of carbonyl (C=O) groups excluding carboxylic acids is 3. The maximum atomic E-state index is 11.6. The van der Waals surface area contributed by atoms with Crippen LogP contribution in [0.1, 0.15) is 20.3 Å². The third-order valence-corrected chi connectivity index (χ3v) is 2.56. The van der Waals surface area contributed by atoms with E-state index in [1.54, 1.807) is 6.08 Å². The monoisotopic (exact) mass is 248 g/mol. The van der Waals surface area contributed by atoms with Gasteiger partial charge in [-0.3, -0.25) is 14.4 Å². The van der Waals surface area contributed by atoms with E-state index < -0.39 is 0 Å². The number of allylic oxidation sites excluding steroid dienone is 5. The van der Waals surface area contributed by atoms with Gasteiger partial charge >= 0.3 is 0 Å². The molecule has 0 aromatic rings. The highest BCUT2D eigenvalue weighted by molar-refractivity contribution is 6.20. The first-order valence-corrected chi connectivity index (χ1v) is 5.71. The first kappa shape index (κ1) is 14.1. The van der Waals surface area contributed by atoms with Crippen LogP contribution in [0.3, 0.4) is 0 Å². The molecule has 0 heterocycles. The van der Waals surface area contributed by atoms with E-state index in [9.17, 15) is 14.4 Å². The van der Waals surface area contributed by atoms with Crippen LogP contribution < -0.4 is 0 Å². The summed E-state index contributed by atoms with van der Waals surface area (Å²) < 4.78 is 4.76. The minimum absolute atomic E-state index is 0.0349. The predicted octanol–water partition coefficient (Wildman–Crippen LogP) is 1.77. The SMILES string of the molecule is COC1=CC(=O)C(/C=C/CC(=O)C(C)C)=CC1=O. The lowest BCUT2D eigenvalue weighted by Crippen LogP contribution is -2.13. The van der Waals surface area contributed by atoms with Crippen molar-refractivity contribution < 1.29 is 19.1 Å². The van der Waals surface area contributed by atoms with Gasteiger partial charge in [-0.15, -0.1) is 0 Å². The topological polar surface area (TPSA) is 60.4 Å². The van der Waals surface area contributed by atoms with Gasteiger partial charge in [0.15, 0.2) is 11.5 Å². The maximum Gasteiger partial charge on any atom is 0.221 e. The molecule has 0 radical (unpaired) electrons. The highest BCUT2D eigenvalue weighted by Crippen LogP contribution is 2.13. The lowest BCUT2D eigenvalue weighted by Gasteiger charge is -2.08. The molecule has 0 aliphatic heterocycles. The molecule has 0 saturated heterocycles. The van der Waals surface area contributed by atoms with Crippen LogP contribution in [-0.4, -0.2) is 24.5 Å². The first-order valence-electron chi connectivity index (χ1n) is 5.71. The Labute approximate surface area is 106 Å². The molecule has 4 nitrogen and oxygen atoms in total. The van der Waals surface area contributed by atoms with E-state index >= 15 is 0 Å². The molecule has 0 atom stereocenters. The molecule has 1 aliphatic rings. The van der Waals surface area contributed by atoms with E-state index in [1.807, 2.05) is 13.8 Å². The number of ketones is 3. The molecule has 0 spiro atoms. The smallest absolute Gasteiger partial charge is 0.221 e. The van der Waals surface area contributed by atoms with Gasteiger partial charge in [0.25, 0.3) is 0 Å². The summed E-state index contributed by atoms with van der Waals surface area (Å²) >= 11 is 0. The van der Waals surface area contributed by atoms with E-state index in [4.69, 9.17) is 4.74 Å². The number of Topliss-reactive ketones (excluding diaryl/α,β-unsaturated/α-hetero) is 1. The van der Waals surface area contributed by atoms with Gasteiger partial charge in [0.2, 0.25) is 5.78 Å². The second kappa shape index (κ2) is 6.10. The molecule has 0 aromatic heterocycles. The number of ether oxygens (including phenoxy) is 1. The van der Waals surface area contributed by atoms with Crippen LogP contribution in [0.5, 0.6) is 0 Å². The van der Waals surface area contributed by atoms with Crippen LogP contribution >= 0.6 is 0 Å². The number of methoxy groups -OCH3 is 1. The van der Waals surface area contributed by atoms with Gasteiger partial charge in [0, 0.05) is 30.1 Å². The molecule has 96 valence electrons. The molecular formula is C14H16O4. The van der Waals surface area contributed by atoms with Crippen molar-refractivity contribution in [3.8, 4) is 0 Å². The Hall–Kier alpha value is -1.97. The molecular weight excluding hydrogens is 232 g/mol. The summed E-state index contributed by atoms with van der Waals surface area (Å²) in [5.41, 5.74) is 0.275. The van der Waals surface area contributed by atoms with E-state index in [2.05, 4.69) is 0 Å². The molecule has 0 N–H and O–H groups in total. The zero-order valence-corrected chi connectivity index (χ0v) is 10.7. The Morgan fingerprint density at radius 2 is 1.94 bits per heavy atom. The van der Waals surface area contributed by atoms with Gasteiger partial charge in [-0.2, -0.15) is 0 Å². The third kappa shape index (κ3) is 3.52. The molecule has 0 amide bonds. The predicted molar refractivity (Wildman–Crippen MR) is 66.8 cm³/mol. The van der Waals surface area contributed by atoms with Gasteiger partial charge in [0.1, 0.15) is 5.78 Å². The van der Waals surface area contributed by atoms with Crippen molar-refractivity contribution >= 4 is 17.3 Å². The lowest BCUT2D eigenvalue weighted by molar-refractivity contribution is -0.121. The van der Waals surface area contributed by atoms with E-state index in [0.29, 0.717) is 0 Å². The van der Waals surface area contributed by atoms with Crippen molar-refractivity contribution in [1.29, 1.82) is 0 Å². The van der Waals surface area contributed by atoms with Gasteiger partial charge in [-0.25, -0.2) is 0 Å². The van der Waals surface area contributed by atoms with Gasteiger partial charge < -0.3 is 4.74 Å². The molecule has 4 heteroatoms. The van der Waals surface area contributed by atoms with E-state index in [-0.39, 0.29) is 41.0 Å². The number of hydrogen-bond acceptors (Lipinski definition) is 4. The minimum atomic E-state index is -0.341. The standard InChI is InChI=1S/C14H16O4/c1-9(2)11(15)6-4-5-10-7-13(17)14(18-3)8-12(10)16/h4-5,7-9H,6H2,1-3H3/b5-4+. The first-order chi connectivity index (χ1) is 8.45. The van der Waals surface area contributed by atoms with Crippen LogP contribution in [0.25, 0.3) is 0 Å². The molecule has 18 heavy (non-hydrogen) atoms. The molecule has 0 bridgehead atoms. The maximum absolute atomic E-state index is 11.6. The fraction of sp³-hybridized carbons (Fsp3) is 0.357. The second-order valence-corrected chi connectivity index (χ2v) is 4.27. The summed E-state index contributed by atoms with van der Waals surface area (Å²) in [6, 6.07) is 0. The van der Waals surface area contributed by atoms with Crippen molar-refractivity contribution in [2.75, 3.05) is 7.11 Å². The normalized spacial score (nSPS) is 16.0. The minimum Gasteiger partial charge on any atom is -0.493 e. The van der Waals surface area contributed by atoms with Gasteiger partial charge in [-0.1, -0.05) is 26.0 Å². The van der Waals surface area contributed by atoms with Crippen molar-refractivity contribution in [2.45, 2.75) is 20.3 Å². The zero-order chi connectivity index (χ0) is 13.7. The van der Waals surface area contributed by atoms with E-state index in [0.717, 1.165) is 6.08 Å². The Bertz CT molecular complexity index is 464. The highest BCUT2D eigenvalue weighted by Gasteiger charge is 2.18. The molecule has 0 fully saturated rings. The van der Waals surface area contributed by atoms with Gasteiger partial charge in [-0.05, 0) is 0 Å². The lowest BCUT2D eigenvalue weighted by atomic mass is 10.0. The molecule has 0 aromatic carbocycles. The second-order valence-electron chi connectivity index (χ2n) is 4.27. The van der Waals surface area contributed by atoms with Crippen molar-refractivity contribution in [3.05, 3.63) is 35.6 Å². The Kier molecular flexibility index (Phi) is 4.77.